The van der Waals surface area contributed by atoms with Crippen molar-refractivity contribution in [2.75, 3.05) is 25.2 Å². The van der Waals surface area contributed by atoms with Crippen LogP contribution in [0.25, 0.3) is 0 Å². The number of ether oxygens (including phenoxy) is 1. The van der Waals surface area contributed by atoms with Crippen LogP contribution in [-0.4, -0.2) is 36.8 Å². The Morgan fingerprint density at radius 1 is 1.44 bits per heavy atom. The second-order valence-corrected chi connectivity index (χ2v) is 5.98. The van der Waals surface area contributed by atoms with Crippen molar-refractivity contribution in [2.45, 2.75) is 57.6 Å². The average Bonchev–Trinajstić information content (AvgIpc) is 2.29. The van der Waals surface area contributed by atoms with E-state index in [2.05, 4.69) is 25.4 Å². The quantitative estimate of drug-likeness (QED) is 0.697. The number of thioether (sulfide) groups is 1. The van der Waals surface area contributed by atoms with Crippen LogP contribution in [0, 0.1) is 0 Å². The highest BCUT2D eigenvalue weighted by Crippen LogP contribution is 2.27. The summed E-state index contributed by atoms with van der Waals surface area (Å²) >= 11 is 1.94. The van der Waals surface area contributed by atoms with Crippen LogP contribution in [0.15, 0.2) is 0 Å². The van der Waals surface area contributed by atoms with Crippen LogP contribution < -0.4 is 5.32 Å². The molecule has 2 nitrogen and oxygen atoms in total. The van der Waals surface area contributed by atoms with Crippen LogP contribution in [-0.2, 0) is 4.74 Å². The summed E-state index contributed by atoms with van der Waals surface area (Å²) in [4.78, 5) is 0. The number of hydrogen-bond acceptors (Lipinski definition) is 3. The minimum absolute atomic E-state index is 0.120. The van der Waals surface area contributed by atoms with Gasteiger partial charge in [-0.25, -0.2) is 0 Å². The van der Waals surface area contributed by atoms with Gasteiger partial charge in [0, 0.05) is 12.6 Å². The summed E-state index contributed by atoms with van der Waals surface area (Å²) in [6.07, 6.45) is 8.30. The van der Waals surface area contributed by atoms with E-state index >= 15 is 0 Å². The summed E-state index contributed by atoms with van der Waals surface area (Å²) in [6, 6.07) is 0.674. The first-order valence-electron chi connectivity index (χ1n) is 6.56. The summed E-state index contributed by atoms with van der Waals surface area (Å²) in [5.41, 5.74) is 0.120. The van der Waals surface area contributed by atoms with Crippen molar-refractivity contribution in [1.82, 2.24) is 5.32 Å². The van der Waals surface area contributed by atoms with Gasteiger partial charge >= 0.3 is 0 Å². The molecule has 1 aliphatic heterocycles. The molecule has 2 atom stereocenters. The van der Waals surface area contributed by atoms with Gasteiger partial charge in [-0.15, -0.1) is 0 Å². The molecular formula is C13H27NOS. The fourth-order valence-electron chi connectivity index (χ4n) is 2.23. The van der Waals surface area contributed by atoms with E-state index in [0.717, 1.165) is 13.0 Å². The molecule has 0 aromatic heterocycles. The fourth-order valence-corrected chi connectivity index (χ4v) is 2.72. The fraction of sp³-hybridized carbons (Fsp3) is 1.00. The first kappa shape index (κ1) is 14.3. The molecule has 0 aliphatic carbocycles. The molecule has 0 spiro atoms. The van der Waals surface area contributed by atoms with E-state index in [1.807, 2.05) is 11.8 Å². The predicted octanol–water partition coefficient (Wildman–Crippen LogP) is 3.07. The largest absolute Gasteiger partial charge is 0.375 e. The molecule has 0 saturated carbocycles. The van der Waals surface area contributed by atoms with Gasteiger partial charge in [-0.3, -0.25) is 0 Å². The van der Waals surface area contributed by atoms with Gasteiger partial charge in [-0.2, -0.15) is 11.8 Å². The molecule has 1 heterocycles. The molecule has 96 valence electrons. The maximum Gasteiger partial charge on any atom is 0.0666 e. The monoisotopic (exact) mass is 245 g/mol. The zero-order valence-electron chi connectivity index (χ0n) is 11.1. The number of hydrogen-bond donors (Lipinski definition) is 1. The molecule has 1 fully saturated rings. The maximum atomic E-state index is 5.85. The van der Waals surface area contributed by atoms with Gasteiger partial charge in [-0.1, -0.05) is 6.92 Å². The lowest BCUT2D eigenvalue weighted by molar-refractivity contribution is -0.0778. The number of rotatable bonds is 7. The Bertz CT molecular complexity index is 189. The topological polar surface area (TPSA) is 21.3 Å². The standard InChI is InChI=1S/C13H27NOS/c1-4-13(2)11-12(7-9-15-13)14-8-5-6-10-16-3/h12,14H,4-11H2,1-3H3. The summed E-state index contributed by atoms with van der Waals surface area (Å²) in [7, 11) is 0. The Labute approximate surface area is 105 Å². The van der Waals surface area contributed by atoms with Crippen LogP contribution in [0.5, 0.6) is 0 Å². The second kappa shape index (κ2) is 7.57. The van der Waals surface area contributed by atoms with E-state index in [9.17, 15) is 0 Å². The normalized spacial score (nSPS) is 30.6. The lowest BCUT2D eigenvalue weighted by Crippen LogP contribution is -2.45. The predicted molar refractivity (Wildman–Crippen MR) is 73.3 cm³/mol. The van der Waals surface area contributed by atoms with Gasteiger partial charge in [0.1, 0.15) is 0 Å². The van der Waals surface area contributed by atoms with Gasteiger partial charge in [0.05, 0.1) is 5.60 Å². The van der Waals surface area contributed by atoms with E-state index in [1.54, 1.807) is 0 Å². The van der Waals surface area contributed by atoms with Crippen molar-refractivity contribution < 1.29 is 4.74 Å². The molecule has 1 aliphatic rings. The van der Waals surface area contributed by atoms with E-state index in [-0.39, 0.29) is 5.60 Å². The van der Waals surface area contributed by atoms with Crippen LogP contribution in [0.3, 0.4) is 0 Å². The van der Waals surface area contributed by atoms with Gasteiger partial charge in [-0.05, 0) is 57.6 Å². The number of nitrogens with one attached hydrogen (secondary N) is 1. The average molecular weight is 245 g/mol. The molecule has 0 amide bonds. The van der Waals surface area contributed by atoms with Crippen molar-refractivity contribution in [1.29, 1.82) is 0 Å². The zero-order chi connectivity index (χ0) is 11.9. The van der Waals surface area contributed by atoms with Crippen molar-refractivity contribution in [3.8, 4) is 0 Å². The third-order valence-electron chi connectivity index (χ3n) is 3.55. The first-order valence-corrected chi connectivity index (χ1v) is 7.96. The molecular weight excluding hydrogens is 218 g/mol. The Morgan fingerprint density at radius 2 is 2.25 bits per heavy atom. The van der Waals surface area contributed by atoms with Crippen LogP contribution in [0.4, 0.5) is 0 Å². The highest BCUT2D eigenvalue weighted by atomic mass is 32.2. The summed E-state index contributed by atoms with van der Waals surface area (Å²) in [5, 5.41) is 3.68. The molecule has 0 radical (unpaired) electrons. The minimum Gasteiger partial charge on any atom is -0.375 e. The highest BCUT2D eigenvalue weighted by Gasteiger charge is 2.30. The highest BCUT2D eigenvalue weighted by molar-refractivity contribution is 7.98. The van der Waals surface area contributed by atoms with Crippen LogP contribution in [0.1, 0.15) is 46.0 Å². The zero-order valence-corrected chi connectivity index (χ0v) is 11.9. The molecule has 2 unspecified atom stereocenters. The van der Waals surface area contributed by atoms with Gasteiger partial charge in [0.2, 0.25) is 0 Å². The Kier molecular flexibility index (Phi) is 6.78. The summed E-state index contributed by atoms with van der Waals surface area (Å²) in [5.74, 6) is 1.29. The Hall–Kier alpha value is 0.270. The van der Waals surface area contributed by atoms with Crippen molar-refractivity contribution in [2.24, 2.45) is 0 Å². The smallest absolute Gasteiger partial charge is 0.0666 e. The van der Waals surface area contributed by atoms with Crippen molar-refractivity contribution >= 4 is 11.8 Å². The molecule has 16 heavy (non-hydrogen) atoms. The molecule has 3 heteroatoms. The van der Waals surface area contributed by atoms with E-state index in [4.69, 9.17) is 4.74 Å². The van der Waals surface area contributed by atoms with Gasteiger partial charge in [0.15, 0.2) is 0 Å². The van der Waals surface area contributed by atoms with Crippen LogP contribution in [0.2, 0.25) is 0 Å². The third kappa shape index (κ3) is 5.07. The molecule has 0 aromatic carbocycles. The van der Waals surface area contributed by atoms with Gasteiger partial charge < -0.3 is 10.1 Å². The van der Waals surface area contributed by atoms with Crippen LogP contribution >= 0.6 is 11.8 Å². The van der Waals surface area contributed by atoms with Crippen molar-refractivity contribution in [3.63, 3.8) is 0 Å². The van der Waals surface area contributed by atoms with E-state index in [1.165, 1.54) is 38.0 Å². The van der Waals surface area contributed by atoms with E-state index in [0.29, 0.717) is 6.04 Å². The molecule has 0 bridgehead atoms. The van der Waals surface area contributed by atoms with E-state index < -0.39 is 0 Å². The Morgan fingerprint density at radius 3 is 2.94 bits per heavy atom. The molecule has 1 rings (SSSR count). The second-order valence-electron chi connectivity index (χ2n) is 5.00. The molecule has 1 saturated heterocycles. The lowest BCUT2D eigenvalue weighted by atomic mass is 9.90. The first-order chi connectivity index (χ1) is 7.70. The van der Waals surface area contributed by atoms with Crippen molar-refractivity contribution in [3.05, 3.63) is 0 Å². The summed E-state index contributed by atoms with van der Waals surface area (Å²) in [6.45, 7) is 6.56. The van der Waals surface area contributed by atoms with Gasteiger partial charge in [0.25, 0.3) is 0 Å². The molecule has 0 aromatic rings. The Balaban J connectivity index is 2.12. The SMILES string of the molecule is CCC1(C)CC(NCCCCSC)CCO1. The number of unbranched alkanes of at least 4 members (excludes halogenated alkanes) is 1. The molecule has 1 N–H and O–H groups in total. The third-order valence-corrected chi connectivity index (χ3v) is 4.25. The minimum atomic E-state index is 0.120. The maximum absolute atomic E-state index is 5.85. The summed E-state index contributed by atoms with van der Waals surface area (Å²) < 4.78 is 5.85. The lowest BCUT2D eigenvalue weighted by Gasteiger charge is -2.38.